The highest BCUT2D eigenvalue weighted by Crippen LogP contribution is 2.21. The molecule has 134 valence electrons. The van der Waals surface area contributed by atoms with Crippen molar-refractivity contribution in [2.24, 2.45) is 0 Å². The maximum absolute atomic E-state index is 12.2. The minimum atomic E-state index is -4.39. The van der Waals surface area contributed by atoms with Gasteiger partial charge in [0.25, 0.3) is 0 Å². The second kappa shape index (κ2) is 7.74. The predicted molar refractivity (Wildman–Crippen MR) is 85.3 cm³/mol. The molecule has 1 N–H and O–H groups in total. The number of halogens is 3. The second-order valence-corrected chi connectivity index (χ2v) is 5.73. The lowest BCUT2D eigenvalue weighted by Crippen LogP contribution is -2.54. The van der Waals surface area contributed by atoms with Crippen LogP contribution >= 0.6 is 0 Å². The van der Waals surface area contributed by atoms with E-state index in [1.54, 1.807) is 14.0 Å². The van der Waals surface area contributed by atoms with Crippen molar-refractivity contribution in [2.45, 2.75) is 19.1 Å². The van der Waals surface area contributed by atoms with E-state index < -0.39 is 24.7 Å². The van der Waals surface area contributed by atoms with Crippen LogP contribution in [0.4, 0.5) is 18.9 Å². The smallest absolute Gasteiger partial charge is 0.405 e. The molecule has 0 radical (unpaired) electrons. The van der Waals surface area contributed by atoms with Gasteiger partial charge in [-0.1, -0.05) is 0 Å². The van der Waals surface area contributed by atoms with Gasteiger partial charge in [-0.05, 0) is 31.2 Å². The van der Waals surface area contributed by atoms with Crippen molar-refractivity contribution in [3.63, 3.8) is 0 Å². The van der Waals surface area contributed by atoms with Crippen LogP contribution in [0.15, 0.2) is 24.3 Å². The normalized spacial score (nSPS) is 17.5. The topological polar surface area (TPSA) is 44.8 Å². The molecule has 0 aliphatic carbocycles. The van der Waals surface area contributed by atoms with E-state index in [-0.39, 0.29) is 0 Å². The molecule has 0 aromatic heterocycles. The van der Waals surface area contributed by atoms with Crippen LogP contribution in [0.3, 0.4) is 0 Å². The number of amides is 1. The van der Waals surface area contributed by atoms with Crippen molar-refractivity contribution in [2.75, 3.05) is 44.7 Å². The van der Waals surface area contributed by atoms with Crippen molar-refractivity contribution in [1.29, 1.82) is 0 Å². The molecule has 1 aromatic rings. The number of carbonyl (C=O) groups is 1. The number of alkyl halides is 3. The number of carbonyl (C=O) groups excluding carboxylic acids is 1. The highest BCUT2D eigenvalue weighted by Gasteiger charge is 2.31. The molecule has 0 spiro atoms. The number of rotatable bonds is 5. The van der Waals surface area contributed by atoms with Crippen molar-refractivity contribution in [1.82, 2.24) is 10.2 Å². The third-order valence-electron chi connectivity index (χ3n) is 4.14. The Morgan fingerprint density at radius 1 is 1.21 bits per heavy atom. The zero-order valence-corrected chi connectivity index (χ0v) is 13.8. The van der Waals surface area contributed by atoms with Crippen LogP contribution < -0.4 is 15.0 Å². The van der Waals surface area contributed by atoms with Gasteiger partial charge in [0, 0.05) is 31.9 Å². The fourth-order valence-electron chi connectivity index (χ4n) is 2.66. The molecule has 1 fully saturated rings. The summed E-state index contributed by atoms with van der Waals surface area (Å²) in [6.07, 6.45) is -4.39. The number of hydrogen-bond donors (Lipinski definition) is 1. The molecule has 0 saturated carbocycles. The number of nitrogens with zero attached hydrogens (tertiary/aromatic N) is 2. The molecule has 1 aliphatic rings. The Hall–Kier alpha value is -1.96. The highest BCUT2D eigenvalue weighted by atomic mass is 19.4. The van der Waals surface area contributed by atoms with Gasteiger partial charge < -0.3 is 15.0 Å². The minimum absolute atomic E-state index is 0.578. The Labute approximate surface area is 139 Å². The summed E-state index contributed by atoms with van der Waals surface area (Å²) in [4.78, 5) is 15.9. The molecule has 1 atom stereocenters. The minimum Gasteiger partial charge on any atom is -0.497 e. The molecule has 1 heterocycles. The first kappa shape index (κ1) is 18.4. The molecule has 2 rings (SSSR count). The Morgan fingerprint density at radius 2 is 1.79 bits per heavy atom. The molecule has 1 aliphatic heterocycles. The van der Waals surface area contributed by atoms with Crippen molar-refractivity contribution >= 4 is 11.6 Å². The summed E-state index contributed by atoms with van der Waals surface area (Å²) in [6, 6.07) is 7.12. The average Bonchev–Trinajstić information content (AvgIpc) is 2.58. The van der Waals surface area contributed by atoms with Crippen molar-refractivity contribution < 1.29 is 22.7 Å². The lowest BCUT2D eigenvalue weighted by atomic mass is 10.2. The quantitative estimate of drug-likeness (QED) is 0.885. The summed E-state index contributed by atoms with van der Waals surface area (Å²) in [5, 5.41) is 1.94. The number of methoxy groups -OCH3 is 1. The van der Waals surface area contributed by atoms with E-state index in [0.29, 0.717) is 26.2 Å². The zero-order chi connectivity index (χ0) is 17.7. The molecule has 1 amide bonds. The molecule has 1 unspecified atom stereocenters. The Bertz CT molecular complexity index is 540. The Morgan fingerprint density at radius 3 is 2.29 bits per heavy atom. The molecule has 5 nitrogen and oxygen atoms in total. The monoisotopic (exact) mass is 345 g/mol. The molecule has 8 heteroatoms. The maximum atomic E-state index is 12.2. The fraction of sp³-hybridized carbons (Fsp3) is 0.562. The van der Waals surface area contributed by atoms with E-state index >= 15 is 0 Å². The van der Waals surface area contributed by atoms with Gasteiger partial charge in [0.05, 0.1) is 13.2 Å². The number of hydrogen-bond acceptors (Lipinski definition) is 4. The number of nitrogens with one attached hydrogen (secondary N) is 1. The fourth-order valence-corrected chi connectivity index (χ4v) is 2.66. The van der Waals surface area contributed by atoms with Gasteiger partial charge in [0.15, 0.2) is 0 Å². The molecule has 24 heavy (non-hydrogen) atoms. The summed E-state index contributed by atoms with van der Waals surface area (Å²) in [5.41, 5.74) is 1.06. The van der Waals surface area contributed by atoms with E-state index in [0.717, 1.165) is 11.4 Å². The van der Waals surface area contributed by atoms with Gasteiger partial charge in [-0.3, -0.25) is 9.69 Å². The Balaban J connectivity index is 1.83. The maximum Gasteiger partial charge on any atom is 0.405 e. The van der Waals surface area contributed by atoms with Gasteiger partial charge in [0.1, 0.15) is 12.3 Å². The molecule has 1 saturated heterocycles. The largest absolute Gasteiger partial charge is 0.497 e. The van der Waals surface area contributed by atoms with Crippen LogP contribution in [0.1, 0.15) is 6.92 Å². The summed E-state index contributed by atoms with van der Waals surface area (Å²) in [5.74, 6) is 0.192. The standard InChI is InChI=1S/C16H22F3N3O2/c1-12(15(23)20-11-16(17,18)19)21-7-9-22(10-8-21)13-3-5-14(24-2)6-4-13/h3-6,12H,7-11H2,1-2H3,(H,20,23). The first-order chi connectivity index (χ1) is 11.3. The Kier molecular flexibility index (Phi) is 5.93. The number of anilines is 1. The van der Waals surface area contributed by atoms with Crippen LogP contribution in [0.25, 0.3) is 0 Å². The van der Waals surface area contributed by atoms with Crippen molar-refractivity contribution in [3.05, 3.63) is 24.3 Å². The first-order valence-electron chi connectivity index (χ1n) is 7.77. The van der Waals surface area contributed by atoms with E-state index in [1.165, 1.54) is 0 Å². The SMILES string of the molecule is COc1ccc(N2CCN(C(C)C(=O)NCC(F)(F)F)CC2)cc1. The molecule has 0 bridgehead atoms. The second-order valence-electron chi connectivity index (χ2n) is 5.73. The van der Waals surface area contributed by atoms with Crippen LogP contribution in [-0.2, 0) is 4.79 Å². The van der Waals surface area contributed by atoms with Crippen LogP contribution in [-0.4, -0.2) is 62.9 Å². The van der Waals surface area contributed by atoms with Crippen LogP contribution in [0.2, 0.25) is 0 Å². The summed E-state index contributed by atoms with van der Waals surface area (Å²) in [7, 11) is 1.61. The third-order valence-corrected chi connectivity index (χ3v) is 4.14. The van der Waals surface area contributed by atoms with Gasteiger partial charge in [0.2, 0.25) is 5.91 Å². The van der Waals surface area contributed by atoms with Gasteiger partial charge in [-0.25, -0.2) is 0 Å². The molecule has 1 aromatic carbocycles. The third kappa shape index (κ3) is 5.02. The number of piperazine rings is 1. The number of ether oxygens (including phenoxy) is 1. The van der Waals surface area contributed by atoms with Gasteiger partial charge >= 0.3 is 6.18 Å². The summed E-state index contributed by atoms with van der Waals surface area (Å²) in [6.45, 7) is 3.00. The van der Waals surface area contributed by atoms with Gasteiger partial charge in [-0.2, -0.15) is 13.2 Å². The average molecular weight is 345 g/mol. The molecular weight excluding hydrogens is 323 g/mol. The van der Waals surface area contributed by atoms with E-state index in [9.17, 15) is 18.0 Å². The van der Waals surface area contributed by atoms with Gasteiger partial charge in [-0.15, -0.1) is 0 Å². The van der Waals surface area contributed by atoms with Crippen LogP contribution in [0, 0.1) is 0 Å². The predicted octanol–water partition coefficient (Wildman–Crippen LogP) is 1.88. The molecular formula is C16H22F3N3O2. The number of benzene rings is 1. The summed E-state index contributed by atoms with van der Waals surface area (Å²) >= 11 is 0. The lowest BCUT2D eigenvalue weighted by molar-refractivity contribution is -0.141. The first-order valence-corrected chi connectivity index (χ1v) is 7.77. The summed E-state index contributed by atoms with van der Waals surface area (Å²) < 4.78 is 41.6. The van der Waals surface area contributed by atoms with Crippen molar-refractivity contribution in [3.8, 4) is 5.75 Å². The van der Waals surface area contributed by atoms with Crippen LogP contribution in [0.5, 0.6) is 5.75 Å². The lowest BCUT2D eigenvalue weighted by Gasteiger charge is -2.38. The van der Waals surface area contributed by atoms with E-state index in [2.05, 4.69) is 4.90 Å². The zero-order valence-electron chi connectivity index (χ0n) is 13.8. The van der Waals surface area contributed by atoms with E-state index in [1.807, 2.05) is 34.5 Å². The van der Waals surface area contributed by atoms with E-state index in [4.69, 9.17) is 4.74 Å². The highest BCUT2D eigenvalue weighted by molar-refractivity contribution is 5.81.